The highest BCUT2D eigenvalue weighted by Gasteiger charge is 2.18. The van der Waals surface area contributed by atoms with Gasteiger partial charge in [0.05, 0.1) is 0 Å². The molecule has 0 aromatic carbocycles. The lowest BCUT2D eigenvalue weighted by Crippen LogP contribution is -2.15. The molecule has 2 rings (SSSR count). The van der Waals surface area contributed by atoms with E-state index in [1.54, 1.807) is 7.11 Å². The van der Waals surface area contributed by atoms with Gasteiger partial charge in [0.2, 0.25) is 0 Å². The second-order valence-electron chi connectivity index (χ2n) is 3.98. The SMILES string of the molecule is COC(C)c1nc(N)c2c(n1)CCCC2. The van der Waals surface area contributed by atoms with Gasteiger partial charge < -0.3 is 10.5 Å². The van der Waals surface area contributed by atoms with Crippen LogP contribution in [-0.2, 0) is 17.6 Å². The summed E-state index contributed by atoms with van der Waals surface area (Å²) >= 11 is 0. The van der Waals surface area contributed by atoms with Gasteiger partial charge in [-0.15, -0.1) is 0 Å². The van der Waals surface area contributed by atoms with E-state index < -0.39 is 0 Å². The fourth-order valence-corrected chi connectivity index (χ4v) is 1.93. The van der Waals surface area contributed by atoms with Crippen LogP contribution in [0.15, 0.2) is 0 Å². The van der Waals surface area contributed by atoms with E-state index in [4.69, 9.17) is 10.5 Å². The Kier molecular flexibility index (Phi) is 2.86. The second kappa shape index (κ2) is 4.14. The van der Waals surface area contributed by atoms with Gasteiger partial charge in [0.25, 0.3) is 0 Å². The molecule has 1 unspecified atom stereocenters. The largest absolute Gasteiger partial charge is 0.383 e. The molecule has 1 heterocycles. The first-order chi connectivity index (χ1) is 7.22. The molecule has 82 valence electrons. The summed E-state index contributed by atoms with van der Waals surface area (Å²) in [5, 5.41) is 0. The van der Waals surface area contributed by atoms with E-state index in [1.165, 1.54) is 12.8 Å². The molecule has 0 saturated carbocycles. The van der Waals surface area contributed by atoms with Gasteiger partial charge in [0.15, 0.2) is 5.82 Å². The molecular weight excluding hydrogens is 190 g/mol. The topological polar surface area (TPSA) is 61.0 Å². The molecule has 0 aliphatic heterocycles. The molecule has 0 saturated heterocycles. The van der Waals surface area contributed by atoms with Crippen molar-refractivity contribution in [2.45, 2.75) is 38.7 Å². The predicted molar refractivity (Wildman–Crippen MR) is 58.5 cm³/mol. The highest BCUT2D eigenvalue weighted by molar-refractivity contribution is 5.43. The lowest BCUT2D eigenvalue weighted by Gasteiger charge is -2.18. The molecule has 4 heteroatoms. The number of aryl methyl sites for hydroxylation is 1. The Balaban J connectivity index is 2.40. The van der Waals surface area contributed by atoms with Crippen LogP contribution in [0.5, 0.6) is 0 Å². The van der Waals surface area contributed by atoms with Gasteiger partial charge >= 0.3 is 0 Å². The van der Waals surface area contributed by atoms with Crippen LogP contribution < -0.4 is 5.73 Å². The van der Waals surface area contributed by atoms with Crippen LogP contribution in [0, 0.1) is 0 Å². The third-order valence-electron chi connectivity index (χ3n) is 2.95. The summed E-state index contributed by atoms with van der Waals surface area (Å²) < 4.78 is 5.20. The molecule has 15 heavy (non-hydrogen) atoms. The number of rotatable bonds is 2. The first-order valence-electron chi connectivity index (χ1n) is 5.40. The van der Waals surface area contributed by atoms with Gasteiger partial charge in [-0.1, -0.05) is 0 Å². The Morgan fingerprint density at radius 3 is 2.73 bits per heavy atom. The van der Waals surface area contributed by atoms with Gasteiger partial charge in [-0.25, -0.2) is 9.97 Å². The lowest BCUT2D eigenvalue weighted by molar-refractivity contribution is 0.112. The minimum absolute atomic E-state index is 0.0838. The number of methoxy groups -OCH3 is 1. The predicted octanol–water partition coefficient (Wildman–Crippen LogP) is 1.65. The number of nitrogen functional groups attached to an aromatic ring is 1. The molecule has 0 spiro atoms. The quantitative estimate of drug-likeness (QED) is 0.801. The van der Waals surface area contributed by atoms with E-state index in [2.05, 4.69) is 9.97 Å². The second-order valence-corrected chi connectivity index (χ2v) is 3.98. The standard InChI is InChI=1S/C11H17N3O/c1-7(15-2)11-13-9-6-4-3-5-8(9)10(12)14-11/h7H,3-6H2,1-2H3,(H2,12,13,14). The summed E-state index contributed by atoms with van der Waals surface area (Å²) in [6.07, 6.45) is 4.35. The number of aromatic nitrogens is 2. The van der Waals surface area contributed by atoms with Crippen LogP contribution in [0.3, 0.4) is 0 Å². The smallest absolute Gasteiger partial charge is 0.159 e. The Morgan fingerprint density at radius 2 is 2.00 bits per heavy atom. The maximum atomic E-state index is 5.93. The highest BCUT2D eigenvalue weighted by atomic mass is 16.5. The average Bonchev–Trinajstić information content (AvgIpc) is 2.28. The van der Waals surface area contributed by atoms with Crippen LogP contribution in [0.1, 0.15) is 43.0 Å². The Morgan fingerprint density at radius 1 is 1.27 bits per heavy atom. The number of fused-ring (bicyclic) bond motifs is 1. The molecule has 1 aromatic heterocycles. The third-order valence-corrected chi connectivity index (χ3v) is 2.95. The summed E-state index contributed by atoms with van der Waals surface area (Å²) in [5.74, 6) is 1.34. The van der Waals surface area contributed by atoms with Gasteiger partial charge in [-0.2, -0.15) is 0 Å². The summed E-state index contributed by atoms with van der Waals surface area (Å²) in [6, 6.07) is 0. The van der Waals surface area contributed by atoms with Crippen molar-refractivity contribution in [2.24, 2.45) is 0 Å². The monoisotopic (exact) mass is 207 g/mol. The molecule has 0 radical (unpaired) electrons. The Hall–Kier alpha value is -1.16. The molecule has 4 nitrogen and oxygen atoms in total. The zero-order valence-electron chi connectivity index (χ0n) is 9.29. The summed E-state index contributed by atoms with van der Waals surface area (Å²) in [5.41, 5.74) is 8.19. The van der Waals surface area contributed by atoms with Crippen molar-refractivity contribution >= 4 is 5.82 Å². The maximum absolute atomic E-state index is 5.93. The normalized spacial score (nSPS) is 17.2. The molecule has 1 aromatic rings. The van der Waals surface area contributed by atoms with Gasteiger partial charge in [0.1, 0.15) is 11.9 Å². The van der Waals surface area contributed by atoms with E-state index in [9.17, 15) is 0 Å². The van der Waals surface area contributed by atoms with Gasteiger partial charge in [-0.3, -0.25) is 0 Å². The van der Waals surface area contributed by atoms with Crippen molar-refractivity contribution in [2.75, 3.05) is 12.8 Å². The molecule has 2 N–H and O–H groups in total. The first kappa shape index (κ1) is 10.4. The van der Waals surface area contributed by atoms with E-state index in [1.807, 2.05) is 6.92 Å². The van der Waals surface area contributed by atoms with Crippen LogP contribution in [0.25, 0.3) is 0 Å². The van der Waals surface area contributed by atoms with Crippen LogP contribution in [0.4, 0.5) is 5.82 Å². The van der Waals surface area contributed by atoms with Crippen molar-refractivity contribution in [1.82, 2.24) is 9.97 Å². The zero-order chi connectivity index (χ0) is 10.8. The average molecular weight is 207 g/mol. The number of ether oxygens (including phenoxy) is 1. The van der Waals surface area contributed by atoms with E-state index in [-0.39, 0.29) is 6.10 Å². The lowest BCUT2D eigenvalue weighted by atomic mass is 9.96. The fraction of sp³-hybridized carbons (Fsp3) is 0.636. The number of nitrogens with zero attached hydrogens (tertiary/aromatic N) is 2. The highest BCUT2D eigenvalue weighted by Crippen LogP contribution is 2.25. The number of nitrogens with two attached hydrogens (primary N) is 1. The summed E-state index contributed by atoms with van der Waals surface area (Å²) in [7, 11) is 1.66. The summed E-state index contributed by atoms with van der Waals surface area (Å²) in [6.45, 7) is 1.93. The maximum Gasteiger partial charge on any atom is 0.159 e. The molecule has 1 aliphatic carbocycles. The van der Waals surface area contributed by atoms with Crippen LogP contribution >= 0.6 is 0 Å². The van der Waals surface area contributed by atoms with Crippen molar-refractivity contribution in [3.05, 3.63) is 17.1 Å². The molecule has 0 fully saturated rings. The number of hydrogen-bond donors (Lipinski definition) is 1. The molecule has 0 amide bonds. The molecule has 0 bridgehead atoms. The molecule has 1 atom stereocenters. The van der Waals surface area contributed by atoms with Crippen molar-refractivity contribution in [3.8, 4) is 0 Å². The minimum Gasteiger partial charge on any atom is -0.383 e. The Bertz CT molecular complexity index is 365. The number of anilines is 1. The van der Waals surface area contributed by atoms with E-state index in [0.717, 1.165) is 24.1 Å². The van der Waals surface area contributed by atoms with Gasteiger partial charge in [0, 0.05) is 18.4 Å². The Labute approximate surface area is 89.9 Å². The number of hydrogen-bond acceptors (Lipinski definition) is 4. The van der Waals surface area contributed by atoms with Crippen molar-refractivity contribution in [3.63, 3.8) is 0 Å². The zero-order valence-corrected chi connectivity index (χ0v) is 9.29. The van der Waals surface area contributed by atoms with E-state index >= 15 is 0 Å². The van der Waals surface area contributed by atoms with E-state index in [0.29, 0.717) is 11.6 Å². The minimum atomic E-state index is -0.0838. The van der Waals surface area contributed by atoms with Crippen molar-refractivity contribution in [1.29, 1.82) is 0 Å². The van der Waals surface area contributed by atoms with Crippen LogP contribution in [-0.4, -0.2) is 17.1 Å². The fourth-order valence-electron chi connectivity index (χ4n) is 1.93. The van der Waals surface area contributed by atoms with Crippen LogP contribution in [0.2, 0.25) is 0 Å². The van der Waals surface area contributed by atoms with Crippen molar-refractivity contribution < 1.29 is 4.74 Å². The van der Waals surface area contributed by atoms with Gasteiger partial charge in [-0.05, 0) is 32.6 Å². The molecular formula is C11H17N3O. The summed E-state index contributed by atoms with van der Waals surface area (Å²) in [4.78, 5) is 8.83. The first-order valence-corrected chi connectivity index (χ1v) is 5.40. The third kappa shape index (κ3) is 1.95. The molecule has 1 aliphatic rings.